The lowest BCUT2D eigenvalue weighted by Crippen LogP contribution is -2.44. The molecule has 1 aliphatic rings. The first kappa shape index (κ1) is 17.9. The summed E-state index contributed by atoms with van der Waals surface area (Å²) in [6.07, 6.45) is 7.32. The molecule has 0 saturated carbocycles. The summed E-state index contributed by atoms with van der Waals surface area (Å²) in [5, 5.41) is 11.1. The second kappa shape index (κ2) is 8.43. The summed E-state index contributed by atoms with van der Waals surface area (Å²) in [4.78, 5) is 4.33. The third kappa shape index (κ3) is 5.01. The minimum Gasteiger partial charge on any atom is -0.356 e. The van der Waals surface area contributed by atoms with Crippen molar-refractivity contribution in [3.63, 3.8) is 0 Å². The molecule has 2 heterocycles. The van der Waals surface area contributed by atoms with Crippen molar-refractivity contribution >= 4 is 17.7 Å². The maximum Gasteiger partial charge on any atom is 0.191 e. The number of hydrogen-bond donors (Lipinski definition) is 2. The summed E-state index contributed by atoms with van der Waals surface area (Å²) in [7, 11) is 1.83. The third-order valence-corrected chi connectivity index (χ3v) is 6.10. The van der Waals surface area contributed by atoms with Crippen molar-refractivity contribution in [2.75, 3.05) is 25.9 Å². The maximum atomic E-state index is 4.33. The zero-order chi connectivity index (χ0) is 17.5. The lowest BCUT2D eigenvalue weighted by Gasteiger charge is -2.24. The second-order valence-corrected chi connectivity index (χ2v) is 8.30. The average Bonchev–Trinajstić information content (AvgIpc) is 3.31. The van der Waals surface area contributed by atoms with Crippen molar-refractivity contribution in [3.8, 4) is 5.69 Å². The van der Waals surface area contributed by atoms with E-state index in [9.17, 15) is 0 Å². The SMILES string of the molecule is CN=C(NCCc1ccc(-n2cccn2)cc1)NCC1(C)CCCS1. The predicted molar refractivity (Wildman–Crippen MR) is 107 cm³/mol. The van der Waals surface area contributed by atoms with E-state index in [-0.39, 0.29) is 0 Å². The summed E-state index contributed by atoms with van der Waals surface area (Å²) >= 11 is 2.07. The lowest BCUT2D eigenvalue weighted by molar-refractivity contribution is 0.584. The van der Waals surface area contributed by atoms with Gasteiger partial charge < -0.3 is 10.6 Å². The molecule has 0 aliphatic carbocycles. The molecule has 1 aliphatic heterocycles. The zero-order valence-corrected chi connectivity index (χ0v) is 15.9. The van der Waals surface area contributed by atoms with Gasteiger partial charge in [0.15, 0.2) is 5.96 Å². The Morgan fingerprint density at radius 1 is 1.32 bits per heavy atom. The number of benzene rings is 1. The van der Waals surface area contributed by atoms with Crippen LogP contribution in [0.5, 0.6) is 0 Å². The second-order valence-electron chi connectivity index (χ2n) is 6.62. The van der Waals surface area contributed by atoms with E-state index in [1.807, 2.05) is 24.0 Å². The Morgan fingerprint density at radius 2 is 2.16 bits per heavy atom. The molecule has 1 unspecified atom stereocenters. The fourth-order valence-electron chi connectivity index (χ4n) is 3.03. The molecule has 0 amide bonds. The smallest absolute Gasteiger partial charge is 0.191 e. The van der Waals surface area contributed by atoms with Crippen LogP contribution in [0.2, 0.25) is 0 Å². The van der Waals surface area contributed by atoms with Crippen LogP contribution in [-0.2, 0) is 6.42 Å². The molecule has 1 saturated heterocycles. The summed E-state index contributed by atoms with van der Waals surface area (Å²) in [5.74, 6) is 2.17. The van der Waals surface area contributed by atoms with Crippen molar-refractivity contribution < 1.29 is 0 Å². The highest BCUT2D eigenvalue weighted by Crippen LogP contribution is 2.36. The number of rotatable bonds is 6. The van der Waals surface area contributed by atoms with Crippen molar-refractivity contribution in [2.45, 2.75) is 30.9 Å². The molecular formula is C19H27N5S. The number of guanidine groups is 1. The summed E-state index contributed by atoms with van der Waals surface area (Å²) in [6, 6.07) is 10.5. The Labute approximate surface area is 154 Å². The third-order valence-electron chi connectivity index (χ3n) is 4.57. The van der Waals surface area contributed by atoms with Gasteiger partial charge in [-0.3, -0.25) is 4.99 Å². The molecule has 2 N–H and O–H groups in total. The van der Waals surface area contributed by atoms with Gasteiger partial charge in [-0.1, -0.05) is 12.1 Å². The predicted octanol–water partition coefficient (Wildman–Crippen LogP) is 2.87. The molecule has 1 aromatic heterocycles. The van der Waals surface area contributed by atoms with Gasteiger partial charge in [-0.05, 0) is 55.7 Å². The van der Waals surface area contributed by atoms with Gasteiger partial charge in [-0.25, -0.2) is 4.68 Å². The standard InChI is InChI=1S/C19H27N5S/c1-19(10-3-14-25-19)15-22-18(20-2)21-12-9-16-5-7-17(8-6-16)24-13-4-11-23-24/h4-8,11,13H,3,9-10,12,14-15H2,1-2H3,(H2,20,21,22). The van der Waals surface area contributed by atoms with Gasteiger partial charge >= 0.3 is 0 Å². The van der Waals surface area contributed by atoms with E-state index in [4.69, 9.17) is 0 Å². The molecule has 3 rings (SSSR count). The van der Waals surface area contributed by atoms with E-state index in [0.717, 1.165) is 31.2 Å². The molecule has 0 radical (unpaired) electrons. The van der Waals surface area contributed by atoms with E-state index in [2.05, 4.69) is 63.7 Å². The Kier molecular flexibility index (Phi) is 6.02. The van der Waals surface area contributed by atoms with Crippen LogP contribution in [0.3, 0.4) is 0 Å². The van der Waals surface area contributed by atoms with E-state index in [1.165, 1.54) is 24.2 Å². The molecule has 1 fully saturated rings. The van der Waals surface area contributed by atoms with Gasteiger partial charge in [0.25, 0.3) is 0 Å². The summed E-state index contributed by atoms with van der Waals surface area (Å²) in [6.45, 7) is 4.17. The quantitative estimate of drug-likeness (QED) is 0.617. The monoisotopic (exact) mass is 357 g/mol. The Bertz CT molecular complexity index is 672. The first-order chi connectivity index (χ1) is 12.2. The van der Waals surface area contributed by atoms with Crippen molar-refractivity contribution in [1.29, 1.82) is 0 Å². The van der Waals surface area contributed by atoms with Gasteiger partial charge in [0.1, 0.15) is 0 Å². The van der Waals surface area contributed by atoms with E-state index < -0.39 is 0 Å². The first-order valence-corrected chi connectivity index (χ1v) is 9.85. The molecular weight excluding hydrogens is 330 g/mol. The topological polar surface area (TPSA) is 54.2 Å². The van der Waals surface area contributed by atoms with Gasteiger partial charge in [0, 0.05) is 37.3 Å². The van der Waals surface area contributed by atoms with Gasteiger partial charge in [-0.2, -0.15) is 16.9 Å². The van der Waals surface area contributed by atoms with Crippen LogP contribution in [0.1, 0.15) is 25.3 Å². The maximum absolute atomic E-state index is 4.33. The number of aromatic nitrogens is 2. The Morgan fingerprint density at radius 3 is 2.80 bits per heavy atom. The highest BCUT2D eigenvalue weighted by molar-refractivity contribution is 8.00. The molecule has 134 valence electrons. The molecule has 6 heteroatoms. The van der Waals surface area contributed by atoms with Crippen LogP contribution in [0.4, 0.5) is 0 Å². The molecule has 0 spiro atoms. The zero-order valence-electron chi connectivity index (χ0n) is 15.0. The molecule has 5 nitrogen and oxygen atoms in total. The van der Waals surface area contributed by atoms with Crippen LogP contribution in [0.15, 0.2) is 47.7 Å². The number of nitrogens with zero attached hydrogens (tertiary/aromatic N) is 3. The largest absolute Gasteiger partial charge is 0.356 e. The first-order valence-electron chi connectivity index (χ1n) is 8.86. The molecule has 25 heavy (non-hydrogen) atoms. The highest BCUT2D eigenvalue weighted by atomic mass is 32.2. The number of aliphatic imine (C=N–C) groups is 1. The minimum absolute atomic E-state index is 0.347. The van der Waals surface area contributed by atoms with Gasteiger partial charge in [-0.15, -0.1) is 0 Å². The molecule has 0 bridgehead atoms. The average molecular weight is 358 g/mol. The van der Waals surface area contributed by atoms with Crippen LogP contribution in [-0.4, -0.2) is 46.4 Å². The van der Waals surface area contributed by atoms with Crippen LogP contribution < -0.4 is 10.6 Å². The van der Waals surface area contributed by atoms with E-state index >= 15 is 0 Å². The van der Waals surface area contributed by atoms with Crippen LogP contribution >= 0.6 is 11.8 Å². The fraction of sp³-hybridized carbons (Fsp3) is 0.474. The van der Waals surface area contributed by atoms with Crippen molar-refractivity contribution in [3.05, 3.63) is 48.3 Å². The van der Waals surface area contributed by atoms with Crippen LogP contribution in [0.25, 0.3) is 5.69 Å². The molecule has 2 aromatic rings. The summed E-state index contributed by atoms with van der Waals surface area (Å²) < 4.78 is 2.22. The van der Waals surface area contributed by atoms with Crippen LogP contribution in [0, 0.1) is 0 Å². The Balaban J connectivity index is 1.43. The number of thioether (sulfide) groups is 1. The van der Waals surface area contributed by atoms with E-state index in [1.54, 1.807) is 6.20 Å². The minimum atomic E-state index is 0.347. The molecule has 1 aromatic carbocycles. The fourth-order valence-corrected chi connectivity index (χ4v) is 4.27. The normalized spacial score (nSPS) is 20.6. The number of nitrogens with one attached hydrogen (secondary N) is 2. The van der Waals surface area contributed by atoms with Gasteiger partial charge in [0.2, 0.25) is 0 Å². The van der Waals surface area contributed by atoms with E-state index in [0.29, 0.717) is 4.75 Å². The van der Waals surface area contributed by atoms with Gasteiger partial charge in [0.05, 0.1) is 5.69 Å². The summed E-state index contributed by atoms with van der Waals surface area (Å²) in [5.41, 5.74) is 2.39. The lowest BCUT2D eigenvalue weighted by atomic mass is 10.1. The van der Waals surface area contributed by atoms with Crippen molar-refractivity contribution in [2.24, 2.45) is 4.99 Å². The molecule has 1 atom stereocenters. The highest BCUT2D eigenvalue weighted by Gasteiger charge is 2.29. The Hall–Kier alpha value is -1.95. The number of hydrogen-bond acceptors (Lipinski definition) is 3. The van der Waals surface area contributed by atoms with Crippen molar-refractivity contribution in [1.82, 2.24) is 20.4 Å².